The van der Waals surface area contributed by atoms with Crippen LogP contribution < -0.4 is 42.5 Å². The van der Waals surface area contributed by atoms with Gasteiger partial charge in [-0.05, 0) is 27.7 Å². The van der Waals surface area contributed by atoms with Crippen LogP contribution >= 0.6 is 0 Å². The summed E-state index contributed by atoms with van der Waals surface area (Å²) < 4.78 is 0. The van der Waals surface area contributed by atoms with Gasteiger partial charge < -0.3 is 42.5 Å². The van der Waals surface area contributed by atoms with Gasteiger partial charge in [0.2, 0.25) is 0 Å². The van der Waals surface area contributed by atoms with Crippen molar-refractivity contribution in [2.24, 2.45) is 0 Å². The van der Waals surface area contributed by atoms with Gasteiger partial charge in [-0.3, -0.25) is 0 Å². The summed E-state index contributed by atoms with van der Waals surface area (Å²) in [4.78, 5) is 0. The van der Waals surface area contributed by atoms with Crippen molar-refractivity contribution in [1.82, 2.24) is 42.5 Å². The van der Waals surface area contributed by atoms with E-state index in [0.29, 0.717) is 24.7 Å². The van der Waals surface area contributed by atoms with E-state index in [1.807, 2.05) is 0 Å². The van der Waals surface area contributed by atoms with Crippen LogP contribution in [0.15, 0.2) is 0 Å². The Bertz CT molecular complexity index is 217. The molecule has 0 amide bonds. The summed E-state index contributed by atoms with van der Waals surface area (Å²) in [6, 6.07) is 0. The minimum absolute atomic E-state index is 0. The van der Waals surface area contributed by atoms with Crippen LogP contribution in [0.25, 0.3) is 0 Å². The predicted molar refractivity (Wildman–Crippen MR) is 102 cm³/mol. The first kappa shape index (κ1) is 25.2. The molecule has 8 N–H and O–H groups in total. The summed E-state index contributed by atoms with van der Waals surface area (Å²) in [6.45, 7) is 17.5. The van der Waals surface area contributed by atoms with Crippen LogP contribution in [0.5, 0.6) is 0 Å². The molecule has 25 heavy (non-hydrogen) atoms. The fourth-order valence-corrected chi connectivity index (χ4v) is 2.60. The normalized spacial score (nSPS) is 24.5. The molecule has 0 atom stereocenters. The molecule has 4 saturated heterocycles. The number of nitrogens with one attached hydrogen (secondary N) is 8. The first-order valence-corrected chi connectivity index (χ1v) is 9.45. The molecule has 0 bridgehead atoms. The van der Waals surface area contributed by atoms with Crippen LogP contribution in [-0.4, -0.2) is 77.0 Å². The van der Waals surface area contributed by atoms with Crippen molar-refractivity contribution in [2.75, 3.05) is 52.4 Å². The molecule has 4 heterocycles. The van der Waals surface area contributed by atoms with Gasteiger partial charge in [-0.1, -0.05) is 0 Å². The zero-order valence-electron chi connectivity index (χ0n) is 16.3. The molecule has 0 aliphatic carbocycles. The van der Waals surface area contributed by atoms with Gasteiger partial charge in [0.05, 0.1) is 24.7 Å². The van der Waals surface area contributed by atoms with Crippen LogP contribution in [0, 0.1) is 0 Å². The van der Waals surface area contributed by atoms with E-state index in [0.717, 1.165) is 52.4 Å². The van der Waals surface area contributed by atoms with E-state index in [1.165, 1.54) is 0 Å². The second-order valence-electron chi connectivity index (χ2n) is 6.52. The topological polar surface area (TPSA) is 96.2 Å². The molecule has 0 spiro atoms. The maximum absolute atomic E-state index is 3.21. The zero-order chi connectivity index (χ0) is 17.6. The van der Waals surface area contributed by atoms with E-state index in [9.17, 15) is 0 Å². The molecule has 9 heteroatoms. The summed E-state index contributed by atoms with van der Waals surface area (Å²) in [5.74, 6) is 0. The Morgan fingerprint density at radius 1 is 0.360 bits per heavy atom. The third-order valence-electron chi connectivity index (χ3n) is 4.10. The third-order valence-corrected chi connectivity index (χ3v) is 4.10. The van der Waals surface area contributed by atoms with Crippen LogP contribution in [-0.2, 0) is 16.5 Å². The Kier molecular flexibility index (Phi) is 16.5. The smallest absolute Gasteiger partial charge is 0.0543 e. The number of rotatable bonds is 0. The summed E-state index contributed by atoms with van der Waals surface area (Å²) in [5, 5.41) is 25.7. The SMILES string of the molecule is CC1NCCN1.CC1NCCN1.CC1NCCN1.CC1NCCN1.[Ni]. The Hall–Kier alpha value is 0.174. The van der Waals surface area contributed by atoms with Gasteiger partial charge in [-0.15, -0.1) is 0 Å². The van der Waals surface area contributed by atoms with Crippen molar-refractivity contribution in [3.8, 4) is 0 Å². The summed E-state index contributed by atoms with van der Waals surface area (Å²) >= 11 is 0. The molecule has 4 rings (SSSR count). The van der Waals surface area contributed by atoms with Crippen LogP contribution in [0.4, 0.5) is 0 Å². The van der Waals surface area contributed by atoms with Crippen molar-refractivity contribution in [2.45, 2.75) is 52.4 Å². The predicted octanol–water partition coefficient (Wildman–Crippen LogP) is -1.90. The zero-order valence-corrected chi connectivity index (χ0v) is 17.3. The summed E-state index contributed by atoms with van der Waals surface area (Å²) in [5.41, 5.74) is 0. The molecule has 0 unspecified atom stereocenters. The molecule has 4 aliphatic heterocycles. The maximum atomic E-state index is 3.21. The molecule has 0 aromatic carbocycles. The molecule has 0 radical (unpaired) electrons. The molecular formula is C16H40N8Ni. The second kappa shape index (κ2) is 16.4. The summed E-state index contributed by atoms with van der Waals surface area (Å²) in [6.07, 6.45) is 2.19. The Morgan fingerprint density at radius 3 is 0.520 bits per heavy atom. The average molecular weight is 403 g/mol. The van der Waals surface area contributed by atoms with Gasteiger partial charge in [-0.2, -0.15) is 0 Å². The molecule has 8 nitrogen and oxygen atoms in total. The minimum atomic E-state index is 0. The van der Waals surface area contributed by atoms with Gasteiger partial charge in [0.25, 0.3) is 0 Å². The van der Waals surface area contributed by atoms with E-state index in [2.05, 4.69) is 70.2 Å². The molecule has 0 aromatic rings. The standard InChI is InChI=1S/4C4H10N2.Ni/c4*1-4-5-2-3-6-4;/h4*4-6H,2-3H2,1H3;. The van der Waals surface area contributed by atoms with Crippen molar-refractivity contribution in [1.29, 1.82) is 0 Å². The third kappa shape index (κ3) is 15.0. The van der Waals surface area contributed by atoms with E-state index < -0.39 is 0 Å². The molecule has 0 aromatic heterocycles. The minimum Gasteiger partial charge on any atom is -0.301 e. The molecular weight excluding hydrogens is 363 g/mol. The van der Waals surface area contributed by atoms with E-state index in [1.54, 1.807) is 0 Å². The van der Waals surface area contributed by atoms with Crippen LogP contribution in [0.1, 0.15) is 27.7 Å². The van der Waals surface area contributed by atoms with Gasteiger partial charge in [0, 0.05) is 68.8 Å². The number of hydrogen-bond acceptors (Lipinski definition) is 8. The molecule has 4 aliphatic rings. The maximum Gasteiger partial charge on any atom is 0.0543 e. The van der Waals surface area contributed by atoms with Crippen LogP contribution in [0.3, 0.4) is 0 Å². The van der Waals surface area contributed by atoms with Crippen LogP contribution in [0.2, 0.25) is 0 Å². The second-order valence-corrected chi connectivity index (χ2v) is 6.52. The van der Waals surface area contributed by atoms with Crippen molar-refractivity contribution < 1.29 is 16.5 Å². The van der Waals surface area contributed by atoms with Gasteiger partial charge in [-0.25, -0.2) is 0 Å². The molecule has 4 fully saturated rings. The van der Waals surface area contributed by atoms with Crippen molar-refractivity contribution >= 4 is 0 Å². The fraction of sp³-hybridized carbons (Fsp3) is 1.00. The first-order valence-electron chi connectivity index (χ1n) is 9.45. The Balaban J connectivity index is 0.000000303. The van der Waals surface area contributed by atoms with E-state index in [4.69, 9.17) is 0 Å². The van der Waals surface area contributed by atoms with Gasteiger partial charge >= 0.3 is 0 Å². The summed E-state index contributed by atoms with van der Waals surface area (Å²) in [7, 11) is 0. The average Bonchev–Trinajstić information content (AvgIpc) is 3.31. The Morgan fingerprint density at radius 2 is 0.480 bits per heavy atom. The Labute approximate surface area is 164 Å². The molecule has 0 saturated carbocycles. The van der Waals surface area contributed by atoms with Crippen molar-refractivity contribution in [3.05, 3.63) is 0 Å². The van der Waals surface area contributed by atoms with E-state index >= 15 is 0 Å². The fourth-order valence-electron chi connectivity index (χ4n) is 2.60. The first-order chi connectivity index (χ1) is 11.6. The quantitative estimate of drug-likeness (QED) is 0.223. The van der Waals surface area contributed by atoms with Gasteiger partial charge in [0.15, 0.2) is 0 Å². The van der Waals surface area contributed by atoms with Crippen molar-refractivity contribution in [3.63, 3.8) is 0 Å². The molecule has 154 valence electrons. The van der Waals surface area contributed by atoms with Gasteiger partial charge in [0.1, 0.15) is 0 Å². The largest absolute Gasteiger partial charge is 0.301 e. The number of hydrogen-bond donors (Lipinski definition) is 8. The van der Waals surface area contributed by atoms with E-state index in [-0.39, 0.29) is 16.5 Å². The monoisotopic (exact) mass is 402 g/mol.